The van der Waals surface area contributed by atoms with E-state index in [4.69, 9.17) is 5.73 Å². The van der Waals surface area contributed by atoms with Gasteiger partial charge >= 0.3 is 0 Å². The fourth-order valence-corrected chi connectivity index (χ4v) is 4.54. The molecule has 1 aliphatic carbocycles. The molecule has 1 saturated carbocycles. The summed E-state index contributed by atoms with van der Waals surface area (Å²) in [6.07, 6.45) is 5.01. The van der Waals surface area contributed by atoms with Crippen molar-refractivity contribution in [1.82, 2.24) is 9.29 Å². The average Bonchev–Trinajstić information content (AvgIpc) is 2.46. The highest BCUT2D eigenvalue weighted by atomic mass is 32.2. The van der Waals surface area contributed by atoms with Gasteiger partial charge in [-0.25, -0.2) is 17.8 Å². The summed E-state index contributed by atoms with van der Waals surface area (Å²) in [5.41, 5.74) is 5.88. The summed E-state index contributed by atoms with van der Waals surface area (Å²) in [4.78, 5) is 3.73. The molecule has 1 fully saturated rings. The normalized spacial score (nSPS) is 23.4. The van der Waals surface area contributed by atoms with Gasteiger partial charge < -0.3 is 5.73 Å². The molecule has 0 atom stereocenters. The van der Waals surface area contributed by atoms with Gasteiger partial charge in [-0.15, -0.1) is 0 Å². The van der Waals surface area contributed by atoms with Gasteiger partial charge in [0.1, 0.15) is 0 Å². The van der Waals surface area contributed by atoms with Gasteiger partial charge in [0.05, 0.1) is 0 Å². The molecule has 5 nitrogen and oxygen atoms in total. The van der Waals surface area contributed by atoms with E-state index in [-0.39, 0.29) is 12.1 Å². The number of sulfonamides is 1. The minimum atomic E-state index is -3.90. The van der Waals surface area contributed by atoms with Crippen molar-refractivity contribution < 1.29 is 12.8 Å². The molecule has 0 aromatic carbocycles. The van der Waals surface area contributed by atoms with Crippen LogP contribution in [0.5, 0.6) is 0 Å². The summed E-state index contributed by atoms with van der Waals surface area (Å²) < 4.78 is 40.7. The first-order valence-electron chi connectivity index (χ1n) is 7.34. The van der Waals surface area contributed by atoms with Gasteiger partial charge in [0, 0.05) is 24.8 Å². The van der Waals surface area contributed by atoms with Crippen molar-refractivity contribution in [2.24, 2.45) is 5.73 Å². The Morgan fingerprint density at radius 1 is 1.38 bits per heavy atom. The van der Waals surface area contributed by atoms with Gasteiger partial charge in [-0.2, -0.15) is 4.31 Å². The third kappa shape index (κ3) is 3.59. The van der Waals surface area contributed by atoms with E-state index in [0.717, 1.165) is 31.7 Å². The minimum Gasteiger partial charge on any atom is -0.328 e. The molecule has 0 radical (unpaired) electrons. The summed E-state index contributed by atoms with van der Waals surface area (Å²) in [7, 11) is -3.90. The SMILES string of the molecule is CCCN(C1CCC(N)CC1)S(=O)(=O)c1ncccc1F. The monoisotopic (exact) mass is 315 g/mol. The van der Waals surface area contributed by atoms with E-state index in [2.05, 4.69) is 4.98 Å². The van der Waals surface area contributed by atoms with Crippen molar-refractivity contribution in [2.75, 3.05) is 6.54 Å². The van der Waals surface area contributed by atoms with E-state index in [0.29, 0.717) is 13.0 Å². The molecule has 0 saturated heterocycles. The number of nitrogens with zero attached hydrogens (tertiary/aromatic N) is 2. The Balaban J connectivity index is 2.31. The molecule has 1 aromatic rings. The molecule has 2 N–H and O–H groups in total. The van der Waals surface area contributed by atoms with Crippen molar-refractivity contribution in [3.63, 3.8) is 0 Å². The van der Waals surface area contributed by atoms with Gasteiger partial charge in [0.25, 0.3) is 10.0 Å². The Morgan fingerprint density at radius 3 is 2.62 bits per heavy atom. The van der Waals surface area contributed by atoms with Crippen molar-refractivity contribution in [2.45, 2.75) is 56.1 Å². The summed E-state index contributed by atoms with van der Waals surface area (Å²) in [5.74, 6) is -0.800. The largest absolute Gasteiger partial charge is 0.328 e. The second-order valence-corrected chi connectivity index (χ2v) is 7.28. The van der Waals surface area contributed by atoms with Crippen LogP contribution in [0.3, 0.4) is 0 Å². The fraction of sp³-hybridized carbons (Fsp3) is 0.643. The molecule has 0 aliphatic heterocycles. The van der Waals surface area contributed by atoms with Crippen LogP contribution in [0.2, 0.25) is 0 Å². The van der Waals surface area contributed by atoms with E-state index in [1.54, 1.807) is 0 Å². The number of pyridine rings is 1. The van der Waals surface area contributed by atoms with Crippen LogP contribution in [-0.2, 0) is 10.0 Å². The number of hydrogen-bond donors (Lipinski definition) is 1. The summed E-state index contributed by atoms with van der Waals surface area (Å²) in [6, 6.07) is 2.54. The number of aromatic nitrogens is 1. The van der Waals surface area contributed by atoms with E-state index < -0.39 is 20.9 Å². The fourth-order valence-electron chi connectivity index (χ4n) is 2.78. The number of rotatable bonds is 5. The molecule has 1 aromatic heterocycles. The maximum Gasteiger partial charge on any atom is 0.263 e. The third-order valence-corrected chi connectivity index (χ3v) is 5.76. The summed E-state index contributed by atoms with van der Waals surface area (Å²) in [5, 5.41) is -0.478. The molecule has 0 amide bonds. The molecule has 0 unspecified atom stereocenters. The van der Waals surface area contributed by atoms with Gasteiger partial charge in [-0.05, 0) is 44.2 Å². The highest BCUT2D eigenvalue weighted by molar-refractivity contribution is 7.89. The quantitative estimate of drug-likeness (QED) is 0.900. The van der Waals surface area contributed by atoms with E-state index in [1.807, 2.05) is 6.92 Å². The van der Waals surface area contributed by atoms with Crippen LogP contribution in [0.25, 0.3) is 0 Å². The van der Waals surface area contributed by atoms with Crippen molar-refractivity contribution >= 4 is 10.0 Å². The van der Waals surface area contributed by atoms with Crippen molar-refractivity contribution in [3.05, 3.63) is 24.1 Å². The van der Waals surface area contributed by atoms with E-state index in [9.17, 15) is 12.8 Å². The highest BCUT2D eigenvalue weighted by Crippen LogP contribution is 2.27. The molecule has 7 heteroatoms. The third-order valence-electron chi connectivity index (χ3n) is 3.87. The molecule has 0 bridgehead atoms. The minimum absolute atomic E-state index is 0.115. The summed E-state index contributed by atoms with van der Waals surface area (Å²) in [6.45, 7) is 2.28. The number of halogens is 1. The van der Waals surface area contributed by atoms with Crippen LogP contribution in [0, 0.1) is 5.82 Å². The lowest BCUT2D eigenvalue weighted by Gasteiger charge is -2.34. The predicted octanol–water partition coefficient (Wildman–Crippen LogP) is 1.89. The lowest BCUT2D eigenvalue weighted by Crippen LogP contribution is -2.45. The molecular formula is C14H22FN3O2S. The first kappa shape index (κ1) is 16.3. The molecule has 1 aliphatic rings. The van der Waals surface area contributed by atoms with Gasteiger partial charge in [0.15, 0.2) is 5.82 Å². The summed E-state index contributed by atoms with van der Waals surface area (Å²) >= 11 is 0. The predicted molar refractivity (Wildman–Crippen MR) is 78.6 cm³/mol. The average molecular weight is 315 g/mol. The van der Waals surface area contributed by atoms with Crippen LogP contribution in [-0.4, -0.2) is 36.3 Å². The molecular weight excluding hydrogens is 293 g/mol. The molecule has 118 valence electrons. The Bertz CT molecular complexity index is 571. The number of nitrogens with two attached hydrogens (primary N) is 1. The lowest BCUT2D eigenvalue weighted by molar-refractivity contribution is 0.239. The second-order valence-electron chi connectivity index (χ2n) is 5.47. The zero-order chi connectivity index (χ0) is 15.5. The zero-order valence-corrected chi connectivity index (χ0v) is 13.0. The standard InChI is InChI=1S/C14H22FN3O2S/c1-2-10-18(12-7-5-11(16)6-8-12)21(19,20)14-13(15)4-3-9-17-14/h3-4,9,11-12H,2,5-8,10,16H2,1H3. The Labute approximate surface area is 125 Å². The van der Waals surface area contributed by atoms with Gasteiger partial charge in [-0.3, -0.25) is 0 Å². The van der Waals surface area contributed by atoms with Gasteiger partial charge in [0.2, 0.25) is 5.03 Å². The molecule has 1 heterocycles. The first-order chi connectivity index (χ1) is 9.96. The Kier molecular flexibility index (Phi) is 5.29. The van der Waals surface area contributed by atoms with Gasteiger partial charge in [-0.1, -0.05) is 6.92 Å². The van der Waals surface area contributed by atoms with Crippen molar-refractivity contribution in [1.29, 1.82) is 0 Å². The Hall–Kier alpha value is -1.05. The molecule has 2 rings (SSSR count). The first-order valence-corrected chi connectivity index (χ1v) is 8.78. The zero-order valence-electron chi connectivity index (χ0n) is 12.2. The highest BCUT2D eigenvalue weighted by Gasteiger charge is 2.35. The Morgan fingerprint density at radius 2 is 2.05 bits per heavy atom. The van der Waals surface area contributed by atoms with Crippen LogP contribution < -0.4 is 5.73 Å². The van der Waals surface area contributed by atoms with E-state index >= 15 is 0 Å². The van der Waals surface area contributed by atoms with Crippen LogP contribution >= 0.6 is 0 Å². The van der Waals surface area contributed by atoms with E-state index in [1.165, 1.54) is 16.6 Å². The van der Waals surface area contributed by atoms with Crippen molar-refractivity contribution in [3.8, 4) is 0 Å². The molecule has 0 spiro atoms. The topological polar surface area (TPSA) is 76.3 Å². The smallest absolute Gasteiger partial charge is 0.263 e. The molecule has 21 heavy (non-hydrogen) atoms. The maximum atomic E-state index is 13.8. The second kappa shape index (κ2) is 6.81. The number of hydrogen-bond acceptors (Lipinski definition) is 4. The van der Waals surface area contributed by atoms with Crippen LogP contribution in [0.1, 0.15) is 39.0 Å². The van der Waals surface area contributed by atoms with Crippen LogP contribution in [0.4, 0.5) is 4.39 Å². The van der Waals surface area contributed by atoms with Crippen LogP contribution in [0.15, 0.2) is 23.4 Å². The maximum absolute atomic E-state index is 13.8. The lowest BCUT2D eigenvalue weighted by atomic mass is 9.92.